The third-order valence-electron chi connectivity index (χ3n) is 3.57. The zero-order valence-electron chi connectivity index (χ0n) is 11.5. The van der Waals surface area contributed by atoms with Gasteiger partial charge < -0.3 is 4.57 Å². The largest absolute Gasteiger partial charge is 0.314 e. The first-order valence-electron chi connectivity index (χ1n) is 6.61. The van der Waals surface area contributed by atoms with E-state index in [1.807, 2.05) is 4.57 Å². The first-order chi connectivity index (χ1) is 9.98. The van der Waals surface area contributed by atoms with E-state index in [0.29, 0.717) is 5.82 Å². The van der Waals surface area contributed by atoms with Gasteiger partial charge in [-0.15, -0.1) is 10.2 Å². The topological polar surface area (TPSA) is 68.1 Å². The summed E-state index contributed by atoms with van der Waals surface area (Å²) in [6.45, 7) is 1.09. The fraction of sp³-hybridized carbons (Fsp3) is 0.385. The molecule has 2 aromatic rings. The molecule has 1 aromatic heterocycles. The molecule has 1 aliphatic rings. The molecule has 0 radical (unpaired) electrons. The van der Waals surface area contributed by atoms with Crippen LogP contribution in [0.4, 0.5) is 0 Å². The number of hydrogen-bond acceptors (Lipinski definition) is 4. The Morgan fingerprint density at radius 1 is 1.29 bits per heavy atom. The zero-order chi connectivity index (χ0) is 15.0. The second kappa shape index (κ2) is 5.51. The Balaban J connectivity index is 1.84. The molecule has 8 heteroatoms. The van der Waals surface area contributed by atoms with E-state index in [9.17, 15) is 8.42 Å². The Morgan fingerprint density at radius 3 is 2.71 bits per heavy atom. The van der Waals surface area contributed by atoms with Crippen LogP contribution in [0.1, 0.15) is 18.1 Å². The van der Waals surface area contributed by atoms with E-state index in [2.05, 4.69) is 26.1 Å². The molecule has 0 saturated heterocycles. The van der Waals surface area contributed by atoms with E-state index in [1.165, 1.54) is 4.31 Å². The van der Waals surface area contributed by atoms with Crippen LogP contribution in [0.5, 0.6) is 0 Å². The van der Waals surface area contributed by atoms with Crippen LogP contribution in [-0.2, 0) is 29.5 Å². The predicted molar refractivity (Wildman–Crippen MR) is 81.1 cm³/mol. The van der Waals surface area contributed by atoms with Crippen molar-refractivity contribution in [3.8, 4) is 0 Å². The smallest absolute Gasteiger partial charge is 0.243 e. The number of rotatable bonds is 4. The van der Waals surface area contributed by atoms with E-state index < -0.39 is 10.0 Å². The fourth-order valence-corrected chi connectivity index (χ4v) is 3.79. The molecule has 2 heterocycles. The minimum atomic E-state index is -3.52. The molecule has 0 unspecified atom stereocenters. The molecule has 0 N–H and O–H groups in total. The van der Waals surface area contributed by atoms with Gasteiger partial charge in [-0.1, -0.05) is 15.9 Å². The van der Waals surface area contributed by atoms with Crippen LogP contribution in [0.3, 0.4) is 0 Å². The van der Waals surface area contributed by atoms with E-state index in [1.54, 1.807) is 31.3 Å². The molecule has 0 amide bonds. The highest BCUT2D eigenvalue weighted by Gasteiger charge is 2.24. The van der Waals surface area contributed by atoms with Gasteiger partial charge in [-0.2, -0.15) is 4.31 Å². The maximum absolute atomic E-state index is 12.5. The minimum Gasteiger partial charge on any atom is -0.314 e. The Bertz CT molecular complexity index is 755. The standard InChI is InChI=1S/C13H15BrN4O2S/c1-17(9-13-16-15-12-3-2-8-18(12)13)21(19,20)11-6-4-10(14)5-7-11/h4-7H,2-3,8-9H2,1H3. The second-order valence-corrected chi connectivity index (χ2v) is 7.96. The van der Waals surface area contributed by atoms with Crippen LogP contribution >= 0.6 is 15.9 Å². The SMILES string of the molecule is CN(Cc1nnc2n1CCC2)S(=O)(=O)c1ccc(Br)cc1. The summed E-state index contributed by atoms with van der Waals surface area (Å²) in [5.41, 5.74) is 0. The van der Waals surface area contributed by atoms with Gasteiger partial charge in [0, 0.05) is 24.5 Å². The van der Waals surface area contributed by atoms with Crippen molar-refractivity contribution in [2.45, 2.75) is 30.8 Å². The van der Waals surface area contributed by atoms with Crippen LogP contribution in [-0.4, -0.2) is 34.5 Å². The molecule has 21 heavy (non-hydrogen) atoms. The average Bonchev–Trinajstić information content (AvgIpc) is 3.04. The van der Waals surface area contributed by atoms with Crippen LogP contribution in [0.2, 0.25) is 0 Å². The van der Waals surface area contributed by atoms with Crippen molar-refractivity contribution in [3.63, 3.8) is 0 Å². The number of fused-ring (bicyclic) bond motifs is 1. The van der Waals surface area contributed by atoms with Crippen LogP contribution in [0, 0.1) is 0 Å². The molecule has 112 valence electrons. The Labute approximate surface area is 132 Å². The Hall–Kier alpha value is -1.25. The van der Waals surface area contributed by atoms with Gasteiger partial charge in [0.15, 0.2) is 0 Å². The molecule has 3 rings (SSSR count). The van der Waals surface area contributed by atoms with Gasteiger partial charge in [0.1, 0.15) is 11.6 Å². The first kappa shape index (κ1) is 14.7. The molecule has 1 aliphatic heterocycles. The number of nitrogens with zero attached hydrogens (tertiary/aromatic N) is 4. The highest BCUT2D eigenvalue weighted by molar-refractivity contribution is 9.10. The quantitative estimate of drug-likeness (QED) is 0.822. The van der Waals surface area contributed by atoms with Crippen molar-refractivity contribution in [1.29, 1.82) is 0 Å². The van der Waals surface area contributed by atoms with Gasteiger partial charge in [-0.05, 0) is 30.7 Å². The second-order valence-electron chi connectivity index (χ2n) is 5.00. The maximum Gasteiger partial charge on any atom is 0.243 e. The van der Waals surface area contributed by atoms with E-state index >= 15 is 0 Å². The summed E-state index contributed by atoms with van der Waals surface area (Å²) < 4.78 is 29.2. The van der Waals surface area contributed by atoms with Gasteiger partial charge in [-0.25, -0.2) is 8.42 Å². The third-order valence-corrected chi connectivity index (χ3v) is 5.92. The van der Waals surface area contributed by atoms with Crippen molar-refractivity contribution in [1.82, 2.24) is 19.1 Å². The number of aromatic nitrogens is 3. The average molecular weight is 371 g/mol. The van der Waals surface area contributed by atoms with Gasteiger partial charge in [0.25, 0.3) is 0 Å². The summed E-state index contributed by atoms with van der Waals surface area (Å²) in [6, 6.07) is 6.61. The molecule has 0 aliphatic carbocycles. The van der Waals surface area contributed by atoms with Crippen molar-refractivity contribution in [2.75, 3.05) is 7.05 Å². The summed E-state index contributed by atoms with van der Waals surface area (Å²) in [5.74, 6) is 1.64. The minimum absolute atomic E-state index is 0.228. The number of halogens is 1. The molecule has 6 nitrogen and oxygen atoms in total. The van der Waals surface area contributed by atoms with Gasteiger partial charge >= 0.3 is 0 Å². The number of aryl methyl sites for hydroxylation is 1. The predicted octanol–water partition coefficient (Wildman–Crippen LogP) is 1.81. The molecule has 0 spiro atoms. The zero-order valence-corrected chi connectivity index (χ0v) is 13.9. The van der Waals surface area contributed by atoms with E-state index in [0.717, 1.165) is 29.7 Å². The van der Waals surface area contributed by atoms with Crippen molar-refractivity contribution < 1.29 is 8.42 Å². The number of benzene rings is 1. The lowest BCUT2D eigenvalue weighted by molar-refractivity contribution is 0.447. The van der Waals surface area contributed by atoms with Crippen molar-refractivity contribution in [3.05, 3.63) is 40.4 Å². The molecular weight excluding hydrogens is 356 g/mol. The summed E-state index contributed by atoms with van der Waals surface area (Å²) in [7, 11) is -1.95. The lowest BCUT2D eigenvalue weighted by atomic mass is 10.4. The summed E-state index contributed by atoms with van der Waals surface area (Å²) >= 11 is 3.30. The highest BCUT2D eigenvalue weighted by atomic mass is 79.9. The van der Waals surface area contributed by atoms with Crippen molar-refractivity contribution >= 4 is 26.0 Å². The summed E-state index contributed by atoms with van der Waals surface area (Å²) in [4.78, 5) is 0.273. The van der Waals surface area contributed by atoms with E-state index in [-0.39, 0.29) is 11.4 Å². The number of sulfonamides is 1. The molecule has 0 saturated carbocycles. The first-order valence-corrected chi connectivity index (χ1v) is 8.84. The van der Waals surface area contributed by atoms with Crippen LogP contribution in [0.15, 0.2) is 33.6 Å². The molecule has 0 bridgehead atoms. The molecule has 0 atom stereocenters. The fourth-order valence-electron chi connectivity index (χ4n) is 2.40. The normalized spacial score (nSPS) is 14.6. The Morgan fingerprint density at radius 2 is 2.00 bits per heavy atom. The van der Waals surface area contributed by atoms with Crippen LogP contribution in [0.25, 0.3) is 0 Å². The Kier molecular flexibility index (Phi) is 3.85. The summed E-state index contributed by atoms with van der Waals surface area (Å²) in [6.07, 6.45) is 1.96. The summed E-state index contributed by atoms with van der Waals surface area (Å²) in [5, 5.41) is 8.20. The highest BCUT2D eigenvalue weighted by Crippen LogP contribution is 2.20. The van der Waals surface area contributed by atoms with Gasteiger partial charge in [0.05, 0.1) is 11.4 Å². The van der Waals surface area contributed by atoms with Gasteiger partial charge in [0.2, 0.25) is 10.0 Å². The molecule has 1 aromatic carbocycles. The van der Waals surface area contributed by atoms with Gasteiger partial charge in [-0.3, -0.25) is 0 Å². The third kappa shape index (κ3) is 2.75. The lowest BCUT2D eigenvalue weighted by Crippen LogP contribution is -2.28. The number of hydrogen-bond donors (Lipinski definition) is 0. The molecule has 0 fully saturated rings. The monoisotopic (exact) mass is 370 g/mol. The van der Waals surface area contributed by atoms with E-state index in [4.69, 9.17) is 0 Å². The van der Waals surface area contributed by atoms with Crippen molar-refractivity contribution in [2.24, 2.45) is 0 Å². The maximum atomic E-state index is 12.5. The molecular formula is C13H15BrN4O2S. The van der Waals surface area contributed by atoms with Crippen LogP contribution < -0.4 is 0 Å². The lowest BCUT2D eigenvalue weighted by Gasteiger charge is -2.17.